The average Bonchev–Trinajstić information content (AvgIpc) is 2.90. The number of Topliss-reactive ketones (excluding diaryl/α,β-unsaturated/α-hetero) is 1. The van der Waals surface area contributed by atoms with Crippen molar-refractivity contribution in [3.05, 3.63) is 35.4 Å². The highest BCUT2D eigenvalue weighted by molar-refractivity contribution is 8.00. The summed E-state index contributed by atoms with van der Waals surface area (Å²) in [6, 6.07) is 6.17. The van der Waals surface area contributed by atoms with Gasteiger partial charge in [-0.3, -0.25) is 14.4 Å². The summed E-state index contributed by atoms with van der Waals surface area (Å²) >= 11 is 1.56. The lowest BCUT2D eigenvalue weighted by molar-refractivity contribution is -0.138. The van der Waals surface area contributed by atoms with Crippen LogP contribution in [0.5, 0.6) is 0 Å². The Bertz CT molecular complexity index is 1230. The quantitative estimate of drug-likeness (QED) is 0.120. The Hall–Kier alpha value is -1.99. The predicted molar refractivity (Wildman–Crippen MR) is 185 cm³/mol. The summed E-state index contributed by atoms with van der Waals surface area (Å²) in [7, 11) is -3.72. The summed E-state index contributed by atoms with van der Waals surface area (Å²) in [6.45, 7) is 20.5. The summed E-state index contributed by atoms with van der Waals surface area (Å²) in [4.78, 5) is 37.0. The number of carbonyl (C=O) groups excluding carboxylic acids is 2. The lowest BCUT2D eigenvalue weighted by Gasteiger charge is -2.31. The minimum atomic E-state index is -3.72. The van der Waals surface area contributed by atoms with E-state index in [-0.39, 0.29) is 60.6 Å². The van der Waals surface area contributed by atoms with Gasteiger partial charge in [-0.05, 0) is 80.4 Å². The summed E-state index contributed by atoms with van der Waals surface area (Å²) < 4.78 is 43.1. The monoisotopic (exact) mass is 687 g/mol. The van der Waals surface area contributed by atoms with Crippen LogP contribution in [-0.2, 0) is 28.8 Å². The first-order valence-electron chi connectivity index (χ1n) is 15.8. The SMILES string of the molecule is CC(C)(C)OCCC(C)(C)SCC(CS(=O)(=O)C(C)(C)CCOC(C)(C)C)C(=O)c1ccc(C(=O)NCCOCCC(=O)O)cc1. The van der Waals surface area contributed by atoms with Crippen LogP contribution in [-0.4, -0.2) is 96.4 Å². The van der Waals surface area contributed by atoms with Gasteiger partial charge < -0.3 is 24.6 Å². The van der Waals surface area contributed by atoms with Gasteiger partial charge in [0.2, 0.25) is 0 Å². The highest BCUT2D eigenvalue weighted by Crippen LogP contribution is 2.33. The van der Waals surface area contributed by atoms with Crippen LogP contribution in [0.2, 0.25) is 0 Å². The van der Waals surface area contributed by atoms with Crippen LogP contribution in [0.4, 0.5) is 0 Å². The lowest BCUT2D eigenvalue weighted by Crippen LogP contribution is -2.40. The third-order valence-electron chi connectivity index (χ3n) is 7.21. The van der Waals surface area contributed by atoms with Crippen molar-refractivity contribution in [2.75, 3.05) is 44.5 Å². The molecule has 0 aliphatic carbocycles. The van der Waals surface area contributed by atoms with E-state index in [4.69, 9.17) is 19.3 Å². The summed E-state index contributed by atoms with van der Waals surface area (Å²) in [5.74, 6) is -2.42. The third kappa shape index (κ3) is 16.7. The first-order chi connectivity index (χ1) is 20.9. The number of carboxylic acids is 1. The topological polar surface area (TPSA) is 145 Å². The molecular weight excluding hydrogens is 631 g/mol. The van der Waals surface area contributed by atoms with Gasteiger partial charge in [0.1, 0.15) is 0 Å². The molecule has 1 unspecified atom stereocenters. The van der Waals surface area contributed by atoms with Crippen molar-refractivity contribution in [3.8, 4) is 0 Å². The molecule has 0 fully saturated rings. The van der Waals surface area contributed by atoms with E-state index in [1.165, 1.54) is 12.1 Å². The van der Waals surface area contributed by atoms with Crippen molar-refractivity contribution in [2.24, 2.45) is 5.92 Å². The zero-order valence-corrected chi connectivity index (χ0v) is 31.1. The van der Waals surface area contributed by atoms with E-state index >= 15 is 0 Å². The predicted octanol–water partition coefficient (Wildman–Crippen LogP) is 5.82. The van der Waals surface area contributed by atoms with E-state index in [2.05, 4.69) is 19.2 Å². The van der Waals surface area contributed by atoms with Gasteiger partial charge in [0, 0.05) is 47.3 Å². The molecule has 1 amide bonds. The van der Waals surface area contributed by atoms with Gasteiger partial charge in [0.25, 0.3) is 5.91 Å². The van der Waals surface area contributed by atoms with Gasteiger partial charge >= 0.3 is 5.97 Å². The maximum atomic E-state index is 13.9. The Morgan fingerprint density at radius 2 is 1.33 bits per heavy atom. The van der Waals surface area contributed by atoms with Crippen LogP contribution in [0.1, 0.15) is 109 Å². The fourth-order valence-electron chi connectivity index (χ4n) is 4.07. The van der Waals surface area contributed by atoms with Crippen LogP contribution in [0.25, 0.3) is 0 Å². The second kappa shape index (κ2) is 18.0. The number of hydrogen-bond donors (Lipinski definition) is 2. The van der Waals surface area contributed by atoms with E-state index in [1.54, 1.807) is 37.7 Å². The Morgan fingerprint density at radius 3 is 1.85 bits per heavy atom. The van der Waals surface area contributed by atoms with Crippen LogP contribution in [0, 0.1) is 5.92 Å². The zero-order valence-electron chi connectivity index (χ0n) is 29.5. The van der Waals surface area contributed by atoms with E-state index in [0.717, 1.165) is 6.42 Å². The molecule has 0 saturated carbocycles. The first kappa shape index (κ1) is 42.0. The smallest absolute Gasteiger partial charge is 0.305 e. The number of nitrogens with one attached hydrogen (secondary N) is 1. The van der Waals surface area contributed by atoms with Crippen LogP contribution in [0.15, 0.2) is 24.3 Å². The highest BCUT2D eigenvalue weighted by Gasteiger charge is 2.39. The van der Waals surface area contributed by atoms with Crippen molar-refractivity contribution < 1.29 is 42.1 Å². The first-order valence-corrected chi connectivity index (χ1v) is 18.4. The number of benzene rings is 1. The van der Waals surface area contributed by atoms with Gasteiger partial charge in [-0.25, -0.2) is 8.42 Å². The number of ether oxygens (including phenoxy) is 3. The Labute approximate surface area is 281 Å². The molecule has 12 heteroatoms. The second-order valence-corrected chi connectivity index (χ2v) is 19.1. The van der Waals surface area contributed by atoms with Gasteiger partial charge in [0.15, 0.2) is 15.6 Å². The number of thioether (sulfide) groups is 1. The summed E-state index contributed by atoms with van der Waals surface area (Å²) in [6.07, 6.45) is 0.911. The van der Waals surface area contributed by atoms with E-state index < -0.39 is 32.1 Å². The number of hydrogen-bond acceptors (Lipinski definition) is 9. The van der Waals surface area contributed by atoms with E-state index in [9.17, 15) is 22.8 Å². The van der Waals surface area contributed by atoms with Gasteiger partial charge in [0.05, 0.1) is 41.3 Å². The van der Waals surface area contributed by atoms with Crippen LogP contribution >= 0.6 is 11.8 Å². The molecule has 0 bridgehead atoms. The number of rotatable bonds is 21. The molecule has 1 rings (SSSR count). The average molecular weight is 688 g/mol. The highest BCUT2D eigenvalue weighted by atomic mass is 32.2. The minimum Gasteiger partial charge on any atom is -0.481 e. The summed E-state index contributed by atoms with van der Waals surface area (Å²) in [5.41, 5.74) is 0.00229. The number of amides is 1. The molecule has 2 N–H and O–H groups in total. The molecule has 1 aromatic rings. The lowest BCUT2D eigenvalue weighted by atomic mass is 9.99. The molecule has 0 aliphatic heterocycles. The summed E-state index contributed by atoms with van der Waals surface area (Å²) in [5, 5.41) is 11.4. The largest absolute Gasteiger partial charge is 0.481 e. The van der Waals surface area contributed by atoms with Crippen LogP contribution < -0.4 is 5.32 Å². The van der Waals surface area contributed by atoms with Crippen molar-refractivity contribution >= 4 is 39.3 Å². The van der Waals surface area contributed by atoms with Gasteiger partial charge in [-0.2, -0.15) is 11.8 Å². The second-order valence-electron chi connectivity index (χ2n) is 14.7. The number of aliphatic carboxylic acids is 1. The normalized spacial score (nSPS) is 13.8. The fraction of sp³-hybridized carbons (Fsp3) is 0.735. The maximum Gasteiger partial charge on any atom is 0.305 e. The zero-order chi connectivity index (χ0) is 35.4. The molecule has 0 aromatic heterocycles. The van der Waals surface area contributed by atoms with Gasteiger partial charge in [-0.15, -0.1) is 0 Å². The molecule has 0 aliphatic rings. The molecular formula is C34H57NO9S2. The Balaban J connectivity index is 3.07. The molecule has 0 spiro atoms. The number of sulfone groups is 1. The van der Waals surface area contributed by atoms with E-state index in [1.807, 2.05) is 41.5 Å². The Kier molecular flexibility index (Phi) is 16.4. The van der Waals surface area contributed by atoms with Crippen molar-refractivity contribution in [1.29, 1.82) is 0 Å². The number of ketones is 1. The minimum absolute atomic E-state index is 0.0565. The molecule has 0 saturated heterocycles. The molecule has 10 nitrogen and oxygen atoms in total. The van der Waals surface area contributed by atoms with Crippen molar-refractivity contribution in [1.82, 2.24) is 5.32 Å². The Morgan fingerprint density at radius 1 is 0.804 bits per heavy atom. The number of carboxylic acid groups (broad SMARTS) is 1. The fourth-order valence-corrected chi connectivity index (χ4v) is 7.01. The molecule has 46 heavy (non-hydrogen) atoms. The molecule has 0 heterocycles. The van der Waals surface area contributed by atoms with Crippen molar-refractivity contribution in [2.45, 2.75) is 109 Å². The van der Waals surface area contributed by atoms with Crippen LogP contribution in [0.3, 0.4) is 0 Å². The standard InChI is InChI=1S/C34H57NO9S2/c1-31(2,3)43-20-16-33(7,8)45-23-27(24-46(40,41)34(9,10)17-21-44-32(4,5)6)29(38)25-11-13-26(14-12-25)30(39)35-18-22-42-19-15-28(36)37/h11-14,27H,15-24H2,1-10H3,(H,35,39)(H,36,37). The van der Waals surface area contributed by atoms with Crippen molar-refractivity contribution in [3.63, 3.8) is 0 Å². The maximum absolute atomic E-state index is 13.9. The van der Waals surface area contributed by atoms with Gasteiger partial charge in [-0.1, -0.05) is 26.0 Å². The molecule has 264 valence electrons. The number of carbonyl (C=O) groups is 3. The molecule has 0 radical (unpaired) electrons. The molecule has 1 aromatic carbocycles. The molecule has 1 atom stereocenters. The van der Waals surface area contributed by atoms with E-state index in [0.29, 0.717) is 29.9 Å². The third-order valence-corrected chi connectivity index (χ3v) is 11.5.